The Morgan fingerprint density at radius 1 is 1.50 bits per heavy atom. The number of pyridine rings is 1. The van der Waals surface area contributed by atoms with E-state index in [1.807, 2.05) is 6.07 Å². The van der Waals surface area contributed by atoms with Crippen LogP contribution < -0.4 is 0 Å². The molecule has 0 N–H and O–H groups in total. The van der Waals surface area contributed by atoms with E-state index in [9.17, 15) is 0 Å². The van der Waals surface area contributed by atoms with Crippen molar-refractivity contribution in [1.29, 1.82) is 0 Å². The molecule has 0 aliphatic heterocycles. The second kappa shape index (κ2) is 4.34. The summed E-state index contributed by atoms with van der Waals surface area (Å²) in [4.78, 5) is 5.06. The van der Waals surface area contributed by atoms with Crippen LogP contribution in [0.1, 0.15) is 24.5 Å². The van der Waals surface area contributed by atoms with Gasteiger partial charge in [0.1, 0.15) is 0 Å². The fourth-order valence-electron chi connectivity index (χ4n) is 1.09. The van der Waals surface area contributed by atoms with Crippen LogP contribution in [0.15, 0.2) is 17.2 Å². The minimum absolute atomic E-state index is 0. The Bertz CT molecular complexity index is 288. The quantitative estimate of drug-likeness (QED) is 0.553. The molecule has 1 aliphatic carbocycles. The van der Waals surface area contributed by atoms with E-state index in [0.717, 1.165) is 15.6 Å². The Labute approximate surface area is 105 Å². The minimum atomic E-state index is 0. The first-order chi connectivity index (χ1) is 5.29. The van der Waals surface area contributed by atoms with E-state index in [4.69, 9.17) is 11.6 Å². The van der Waals surface area contributed by atoms with Gasteiger partial charge in [0.05, 0.1) is 10.7 Å². The molecule has 1 saturated carbocycles. The third-order valence-corrected chi connectivity index (χ3v) is 2.76. The van der Waals surface area contributed by atoms with Gasteiger partial charge in [-0.15, -0.1) is 12.6 Å². The van der Waals surface area contributed by atoms with Crippen LogP contribution in [-0.2, 0) is 0 Å². The molecule has 0 bridgehead atoms. The molecule has 1 aromatic heterocycles. The maximum absolute atomic E-state index is 5.99. The molecule has 1 aliphatic rings. The van der Waals surface area contributed by atoms with E-state index < -0.39 is 0 Å². The Morgan fingerprint density at radius 2 is 2.17 bits per heavy atom. The second-order valence-corrected chi connectivity index (χ2v) is 3.66. The van der Waals surface area contributed by atoms with Crippen LogP contribution in [0.3, 0.4) is 0 Å². The van der Waals surface area contributed by atoms with Crippen LogP contribution in [0, 0.1) is 0 Å². The van der Waals surface area contributed by atoms with Crippen LogP contribution in [0.2, 0.25) is 5.02 Å². The molecule has 0 saturated heterocycles. The van der Waals surface area contributed by atoms with Gasteiger partial charge in [0.2, 0.25) is 0 Å². The molecule has 0 atom stereocenters. The van der Waals surface area contributed by atoms with Crippen LogP contribution in [-0.4, -0.2) is 34.5 Å². The number of halogens is 1. The van der Waals surface area contributed by atoms with E-state index in [1.165, 1.54) is 12.8 Å². The van der Waals surface area contributed by atoms with Crippen LogP contribution in [0.5, 0.6) is 0 Å². The summed E-state index contributed by atoms with van der Waals surface area (Å²) in [5, 5.41) is 0.735. The topological polar surface area (TPSA) is 12.9 Å². The van der Waals surface area contributed by atoms with Crippen molar-refractivity contribution in [2.75, 3.05) is 0 Å². The fraction of sp³-hybridized carbons (Fsp3) is 0.375. The van der Waals surface area contributed by atoms with Crippen molar-refractivity contribution in [1.82, 2.24) is 4.98 Å². The molecule has 0 amide bonds. The normalized spacial score (nSPS) is 15.5. The Hall–Kier alpha value is 0.790. The van der Waals surface area contributed by atoms with Crippen LogP contribution in [0.4, 0.5) is 0 Å². The van der Waals surface area contributed by atoms with Crippen LogP contribution >= 0.6 is 24.2 Å². The molecule has 1 fully saturated rings. The van der Waals surface area contributed by atoms with E-state index in [2.05, 4.69) is 17.6 Å². The molecule has 12 heavy (non-hydrogen) atoms. The largest absolute Gasteiger partial charge is 0.259 e. The average molecular weight is 209 g/mol. The fourth-order valence-corrected chi connectivity index (χ4v) is 1.54. The third-order valence-electron chi connectivity index (χ3n) is 1.86. The zero-order chi connectivity index (χ0) is 7.84. The Balaban J connectivity index is 0.000000720. The molecule has 0 aromatic carbocycles. The third kappa shape index (κ3) is 2.18. The molecule has 1 nitrogen and oxygen atoms in total. The molecule has 59 valence electrons. The maximum atomic E-state index is 5.99. The van der Waals surface area contributed by atoms with Gasteiger partial charge in [0.25, 0.3) is 0 Å². The first kappa shape index (κ1) is 10.9. The molecule has 0 unspecified atom stereocenters. The summed E-state index contributed by atoms with van der Waals surface area (Å²) in [5.41, 5.74) is 1.03. The molecule has 1 radical (unpaired) electrons. The zero-order valence-electron chi connectivity index (χ0n) is 6.92. The standard InChI is InChI=1S/C8H8ClNS.Na/c9-7-6(11)3-4-10-8(7)5-1-2-5;/h3-5H,1-2H2,(H,10,11);. The van der Waals surface area contributed by atoms with Gasteiger partial charge in [-0.1, -0.05) is 11.6 Å². The van der Waals surface area contributed by atoms with E-state index in [-0.39, 0.29) is 29.6 Å². The molecule has 1 aromatic rings. The second-order valence-electron chi connectivity index (χ2n) is 2.80. The molecule has 2 rings (SSSR count). The van der Waals surface area contributed by atoms with E-state index >= 15 is 0 Å². The molecule has 0 spiro atoms. The molecule has 4 heteroatoms. The van der Waals surface area contributed by atoms with Gasteiger partial charge in [-0.2, -0.15) is 0 Å². The van der Waals surface area contributed by atoms with Crippen molar-refractivity contribution in [2.45, 2.75) is 23.7 Å². The van der Waals surface area contributed by atoms with Gasteiger partial charge in [-0.05, 0) is 18.9 Å². The average Bonchev–Trinajstić information content (AvgIpc) is 2.77. The summed E-state index contributed by atoms with van der Waals surface area (Å²) in [7, 11) is 0. The van der Waals surface area contributed by atoms with Crippen molar-refractivity contribution in [3.8, 4) is 0 Å². The number of aromatic nitrogens is 1. The first-order valence-electron chi connectivity index (χ1n) is 3.62. The van der Waals surface area contributed by atoms with Gasteiger partial charge in [0, 0.05) is 46.6 Å². The summed E-state index contributed by atoms with van der Waals surface area (Å²) in [6, 6.07) is 1.82. The van der Waals surface area contributed by atoms with E-state index in [0.29, 0.717) is 5.92 Å². The Kier molecular flexibility index (Phi) is 3.93. The summed E-state index contributed by atoms with van der Waals surface area (Å²) in [6.45, 7) is 0. The maximum Gasteiger partial charge on any atom is 0.0757 e. The van der Waals surface area contributed by atoms with E-state index in [1.54, 1.807) is 6.20 Å². The number of thiol groups is 1. The summed E-state index contributed by atoms with van der Waals surface area (Å²) >= 11 is 10.2. The monoisotopic (exact) mass is 208 g/mol. The van der Waals surface area contributed by atoms with Crippen LogP contribution in [0.25, 0.3) is 0 Å². The summed E-state index contributed by atoms with van der Waals surface area (Å²) in [5.74, 6) is 0.606. The molecular weight excluding hydrogens is 201 g/mol. The SMILES string of the molecule is Sc1ccnc(C2CC2)c1Cl.[Na]. The van der Waals surface area contributed by atoms with Crippen molar-refractivity contribution in [3.63, 3.8) is 0 Å². The van der Waals surface area contributed by atoms with Crippen molar-refractivity contribution >= 4 is 53.8 Å². The predicted octanol–water partition coefficient (Wildman–Crippen LogP) is 2.52. The van der Waals surface area contributed by atoms with Gasteiger partial charge < -0.3 is 0 Å². The summed E-state index contributed by atoms with van der Waals surface area (Å²) < 4.78 is 0. The van der Waals surface area contributed by atoms with Gasteiger partial charge in [0.15, 0.2) is 0 Å². The first-order valence-corrected chi connectivity index (χ1v) is 4.45. The number of hydrogen-bond donors (Lipinski definition) is 1. The Morgan fingerprint density at radius 3 is 2.75 bits per heavy atom. The number of rotatable bonds is 1. The van der Waals surface area contributed by atoms with Crippen molar-refractivity contribution < 1.29 is 0 Å². The minimum Gasteiger partial charge on any atom is -0.259 e. The van der Waals surface area contributed by atoms with Gasteiger partial charge >= 0.3 is 0 Å². The van der Waals surface area contributed by atoms with Crippen molar-refractivity contribution in [3.05, 3.63) is 23.0 Å². The number of nitrogens with zero attached hydrogens (tertiary/aromatic N) is 1. The molecule has 1 heterocycles. The molecular formula is C8H8ClNNaS. The predicted molar refractivity (Wildman–Crippen MR) is 54.2 cm³/mol. The smallest absolute Gasteiger partial charge is 0.0757 e. The number of hydrogen-bond acceptors (Lipinski definition) is 2. The van der Waals surface area contributed by atoms with Gasteiger partial charge in [-0.3, -0.25) is 4.98 Å². The van der Waals surface area contributed by atoms with Gasteiger partial charge in [-0.25, -0.2) is 0 Å². The zero-order valence-corrected chi connectivity index (χ0v) is 10.6. The van der Waals surface area contributed by atoms with Crippen molar-refractivity contribution in [2.24, 2.45) is 0 Å². The summed E-state index contributed by atoms with van der Waals surface area (Å²) in [6.07, 6.45) is 4.22.